The van der Waals surface area contributed by atoms with Gasteiger partial charge in [0.1, 0.15) is 11.4 Å². The van der Waals surface area contributed by atoms with Crippen LogP contribution in [0, 0.1) is 11.6 Å². The zero-order valence-corrected chi connectivity index (χ0v) is 16.1. The van der Waals surface area contributed by atoms with Crippen molar-refractivity contribution in [3.63, 3.8) is 0 Å². The number of halogens is 5. The number of hydrogen-bond donors (Lipinski definition) is 1. The molecule has 1 aromatic heterocycles. The minimum atomic E-state index is -2.75. The molecular formula is C20H14ClF4NO4. The number of nitrogens with one attached hydrogen (secondary N) is 1. The molecule has 0 aliphatic heterocycles. The fraction of sp³-hybridized carbons (Fsp3) is 0.200. The largest absolute Gasteiger partial charge is 0.478 e. The third-order valence-electron chi connectivity index (χ3n) is 4.12. The van der Waals surface area contributed by atoms with Gasteiger partial charge >= 0.3 is 5.63 Å². The Morgan fingerprint density at radius 2 is 1.90 bits per heavy atom. The number of amides is 1. The van der Waals surface area contributed by atoms with Crippen molar-refractivity contribution in [1.82, 2.24) is 5.32 Å². The standard InChI is InChI=1S/C20H14ClF4NO4/c1-9(20(28)26-8-18(24)25)29-17-7-16-13(5-15(17)23)12(6-19(27)30-16)11-3-2-10(22)4-14(11)21/h2-7,9,18H,8H2,1H3,(H,26,28)/t9-/m1/s1. The summed E-state index contributed by atoms with van der Waals surface area (Å²) in [5.41, 5.74) is -0.365. The highest BCUT2D eigenvalue weighted by Gasteiger charge is 2.20. The van der Waals surface area contributed by atoms with Crippen LogP contribution < -0.4 is 15.7 Å². The molecule has 158 valence electrons. The van der Waals surface area contributed by atoms with Gasteiger partial charge < -0.3 is 14.5 Å². The van der Waals surface area contributed by atoms with E-state index >= 15 is 0 Å². The van der Waals surface area contributed by atoms with Gasteiger partial charge in [-0.1, -0.05) is 11.6 Å². The van der Waals surface area contributed by atoms with Crippen molar-refractivity contribution in [2.45, 2.75) is 19.5 Å². The minimum Gasteiger partial charge on any atom is -0.478 e. The van der Waals surface area contributed by atoms with Crippen LogP contribution in [-0.4, -0.2) is 25.0 Å². The lowest BCUT2D eigenvalue weighted by Crippen LogP contribution is -2.38. The fourth-order valence-corrected chi connectivity index (χ4v) is 3.02. The van der Waals surface area contributed by atoms with E-state index in [4.69, 9.17) is 20.8 Å². The van der Waals surface area contributed by atoms with Crippen LogP contribution in [0.5, 0.6) is 5.75 Å². The summed E-state index contributed by atoms with van der Waals surface area (Å²) in [6.45, 7) is 0.374. The van der Waals surface area contributed by atoms with E-state index in [1.807, 2.05) is 5.32 Å². The summed E-state index contributed by atoms with van der Waals surface area (Å²) in [4.78, 5) is 23.8. The molecule has 2 aromatic carbocycles. The predicted octanol–water partition coefficient (Wildman–Crippen LogP) is 4.54. The Kier molecular flexibility index (Phi) is 6.31. The van der Waals surface area contributed by atoms with Gasteiger partial charge in [-0.3, -0.25) is 4.79 Å². The fourth-order valence-electron chi connectivity index (χ4n) is 2.75. The van der Waals surface area contributed by atoms with Crippen molar-refractivity contribution < 1.29 is 31.5 Å². The lowest BCUT2D eigenvalue weighted by Gasteiger charge is -2.16. The molecule has 0 unspecified atom stereocenters. The van der Waals surface area contributed by atoms with Crippen molar-refractivity contribution in [3.8, 4) is 16.9 Å². The summed E-state index contributed by atoms with van der Waals surface area (Å²) in [6, 6.07) is 6.67. The molecule has 0 saturated carbocycles. The maximum absolute atomic E-state index is 14.6. The van der Waals surface area contributed by atoms with Crippen LogP contribution in [0.4, 0.5) is 17.6 Å². The Hall–Kier alpha value is -3.07. The molecule has 0 fully saturated rings. The van der Waals surface area contributed by atoms with Crippen LogP contribution in [0.2, 0.25) is 5.02 Å². The molecule has 10 heteroatoms. The first-order chi connectivity index (χ1) is 14.2. The lowest BCUT2D eigenvalue weighted by molar-refractivity contribution is -0.127. The highest BCUT2D eigenvalue weighted by molar-refractivity contribution is 6.33. The second kappa shape index (κ2) is 8.74. The smallest absolute Gasteiger partial charge is 0.336 e. The second-order valence-electron chi connectivity index (χ2n) is 6.28. The Labute approximate surface area is 172 Å². The zero-order chi connectivity index (χ0) is 22.0. The SMILES string of the molecule is C[C@@H](Oc1cc2oc(=O)cc(-c3ccc(F)cc3Cl)c2cc1F)C(=O)NCC(F)F. The molecule has 30 heavy (non-hydrogen) atoms. The van der Waals surface area contributed by atoms with Crippen LogP contribution in [0.25, 0.3) is 22.1 Å². The molecule has 3 rings (SSSR count). The Balaban J connectivity index is 2.00. The van der Waals surface area contributed by atoms with Crippen LogP contribution in [-0.2, 0) is 4.79 Å². The average Bonchev–Trinajstić information content (AvgIpc) is 2.66. The van der Waals surface area contributed by atoms with E-state index in [0.29, 0.717) is 0 Å². The van der Waals surface area contributed by atoms with Crippen LogP contribution in [0.15, 0.2) is 45.6 Å². The van der Waals surface area contributed by atoms with Gasteiger partial charge in [0, 0.05) is 28.6 Å². The van der Waals surface area contributed by atoms with Gasteiger partial charge in [0.25, 0.3) is 12.3 Å². The predicted molar refractivity (Wildman–Crippen MR) is 102 cm³/mol. The molecule has 0 aliphatic rings. The number of hydrogen-bond acceptors (Lipinski definition) is 4. The maximum atomic E-state index is 14.6. The third kappa shape index (κ3) is 4.73. The molecule has 0 aliphatic carbocycles. The molecule has 1 atom stereocenters. The maximum Gasteiger partial charge on any atom is 0.336 e. The van der Waals surface area contributed by atoms with Crippen LogP contribution in [0.1, 0.15) is 6.92 Å². The minimum absolute atomic E-state index is 0.00644. The third-order valence-corrected chi connectivity index (χ3v) is 4.43. The topological polar surface area (TPSA) is 68.5 Å². The van der Waals surface area contributed by atoms with E-state index in [9.17, 15) is 27.2 Å². The number of ether oxygens (including phenoxy) is 1. The summed E-state index contributed by atoms with van der Waals surface area (Å²) in [5.74, 6) is -2.78. The molecule has 3 aromatic rings. The van der Waals surface area contributed by atoms with Crippen molar-refractivity contribution in [1.29, 1.82) is 0 Å². The first kappa shape index (κ1) is 21.6. The van der Waals surface area contributed by atoms with E-state index in [2.05, 4.69) is 0 Å². The number of carbonyl (C=O) groups is 1. The zero-order valence-electron chi connectivity index (χ0n) is 15.3. The first-order valence-corrected chi connectivity index (χ1v) is 8.99. The molecule has 0 bridgehead atoms. The van der Waals surface area contributed by atoms with Crippen LogP contribution in [0.3, 0.4) is 0 Å². The van der Waals surface area contributed by atoms with Gasteiger partial charge in [0.05, 0.1) is 11.6 Å². The summed E-state index contributed by atoms with van der Waals surface area (Å²) in [5, 5.41) is 2.12. The van der Waals surface area contributed by atoms with E-state index in [-0.39, 0.29) is 27.1 Å². The van der Waals surface area contributed by atoms with Crippen molar-refractivity contribution >= 4 is 28.5 Å². The summed E-state index contributed by atoms with van der Waals surface area (Å²) in [6.07, 6.45) is -4.04. The van der Waals surface area contributed by atoms with Gasteiger partial charge in [-0.2, -0.15) is 0 Å². The molecular weight excluding hydrogens is 430 g/mol. The van der Waals surface area contributed by atoms with Crippen LogP contribution >= 0.6 is 11.6 Å². The van der Waals surface area contributed by atoms with E-state index in [0.717, 1.165) is 30.3 Å². The molecule has 5 nitrogen and oxygen atoms in total. The highest BCUT2D eigenvalue weighted by Crippen LogP contribution is 2.35. The van der Waals surface area contributed by atoms with Gasteiger partial charge in [0.15, 0.2) is 17.7 Å². The quantitative estimate of drug-likeness (QED) is 0.448. The van der Waals surface area contributed by atoms with E-state index < -0.39 is 48.0 Å². The Morgan fingerprint density at radius 3 is 2.57 bits per heavy atom. The number of alkyl halides is 2. The molecule has 1 heterocycles. The van der Waals surface area contributed by atoms with Crippen molar-refractivity contribution in [2.75, 3.05) is 6.54 Å². The van der Waals surface area contributed by atoms with Gasteiger partial charge in [-0.15, -0.1) is 0 Å². The number of carbonyl (C=O) groups excluding carboxylic acids is 1. The second-order valence-corrected chi connectivity index (χ2v) is 6.69. The molecule has 0 spiro atoms. The number of benzene rings is 2. The summed E-state index contributed by atoms with van der Waals surface area (Å²) < 4.78 is 62.7. The van der Waals surface area contributed by atoms with Crippen molar-refractivity contribution in [2.24, 2.45) is 0 Å². The van der Waals surface area contributed by atoms with E-state index in [1.165, 1.54) is 13.0 Å². The normalized spacial score (nSPS) is 12.2. The number of rotatable bonds is 6. The summed E-state index contributed by atoms with van der Waals surface area (Å²) >= 11 is 6.05. The average molecular weight is 444 g/mol. The first-order valence-electron chi connectivity index (χ1n) is 8.61. The summed E-state index contributed by atoms with van der Waals surface area (Å²) in [7, 11) is 0. The molecule has 0 saturated heterocycles. The van der Waals surface area contributed by atoms with E-state index in [1.54, 1.807) is 0 Å². The van der Waals surface area contributed by atoms with Gasteiger partial charge in [-0.25, -0.2) is 22.4 Å². The Bertz CT molecular complexity index is 1170. The van der Waals surface area contributed by atoms with Gasteiger partial charge in [-0.05, 0) is 31.2 Å². The lowest BCUT2D eigenvalue weighted by atomic mass is 10.0. The van der Waals surface area contributed by atoms with Gasteiger partial charge in [0.2, 0.25) is 0 Å². The molecule has 1 N–H and O–H groups in total. The monoisotopic (exact) mass is 443 g/mol. The Morgan fingerprint density at radius 1 is 1.17 bits per heavy atom. The van der Waals surface area contributed by atoms with Crippen molar-refractivity contribution in [3.05, 3.63) is 63.5 Å². The molecule has 1 amide bonds. The number of fused-ring (bicyclic) bond motifs is 1. The molecule has 0 radical (unpaired) electrons. The highest BCUT2D eigenvalue weighted by atomic mass is 35.5.